The zero-order valence-electron chi connectivity index (χ0n) is 13.8. The molecule has 0 atom stereocenters. The summed E-state index contributed by atoms with van der Waals surface area (Å²) in [6, 6.07) is 12.0. The van der Waals surface area contributed by atoms with Crippen LogP contribution in [0, 0.1) is 38.2 Å². The first-order chi connectivity index (χ1) is 11.4. The normalized spacial score (nSPS) is 10.9. The van der Waals surface area contributed by atoms with Crippen LogP contribution >= 0.6 is 0 Å². The fourth-order valence-corrected chi connectivity index (χ4v) is 2.91. The predicted molar refractivity (Wildman–Crippen MR) is 91.4 cm³/mol. The molecule has 3 heteroatoms. The second-order valence-corrected chi connectivity index (χ2v) is 6.09. The van der Waals surface area contributed by atoms with E-state index in [4.69, 9.17) is 0 Å². The van der Waals surface area contributed by atoms with Crippen molar-refractivity contribution < 1.29 is 13.2 Å². The quantitative estimate of drug-likeness (QED) is 0.514. The van der Waals surface area contributed by atoms with E-state index in [1.165, 1.54) is 24.3 Å². The van der Waals surface area contributed by atoms with Crippen molar-refractivity contribution in [2.45, 2.75) is 20.8 Å². The molecule has 0 heterocycles. The van der Waals surface area contributed by atoms with E-state index in [1.807, 2.05) is 6.92 Å². The summed E-state index contributed by atoms with van der Waals surface area (Å²) in [6.45, 7) is 5.46. The SMILES string of the molecule is Cc1ccc(F)c(-c2cc(F)c(-c3cc(F)ccc3C)cc2C)c1. The molecule has 0 aliphatic rings. The van der Waals surface area contributed by atoms with Crippen LogP contribution in [0.2, 0.25) is 0 Å². The molecule has 0 aliphatic carbocycles. The molecule has 3 aromatic rings. The molecule has 24 heavy (non-hydrogen) atoms. The van der Waals surface area contributed by atoms with E-state index in [9.17, 15) is 13.2 Å². The van der Waals surface area contributed by atoms with E-state index in [0.29, 0.717) is 22.3 Å². The van der Waals surface area contributed by atoms with Gasteiger partial charge in [0.25, 0.3) is 0 Å². The van der Waals surface area contributed by atoms with Crippen molar-refractivity contribution in [1.82, 2.24) is 0 Å². The summed E-state index contributed by atoms with van der Waals surface area (Å²) in [4.78, 5) is 0. The Morgan fingerprint density at radius 3 is 1.96 bits per heavy atom. The molecule has 0 unspecified atom stereocenters. The van der Waals surface area contributed by atoms with Gasteiger partial charge in [-0.2, -0.15) is 0 Å². The Morgan fingerprint density at radius 1 is 0.542 bits per heavy atom. The first kappa shape index (κ1) is 16.3. The van der Waals surface area contributed by atoms with E-state index in [2.05, 4.69) is 0 Å². The van der Waals surface area contributed by atoms with Gasteiger partial charge in [-0.25, -0.2) is 13.2 Å². The second kappa shape index (κ2) is 6.16. The Bertz CT molecular complexity index is 849. The smallest absolute Gasteiger partial charge is 0.131 e. The molecule has 0 nitrogen and oxygen atoms in total. The zero-order valence-corrected chi connectivity index (χ0v) is 13.8. The van der Waals surface area contributed by atoms with Crippen LogP contribution in [0.1, 0.15) is 16.7 Å². The predicted octanol–water partition coefficient (Wildman–Crippen LogP) is 6.36. The van der Waals surface area contributed by atoms with Crippen LogP contribution in [0.25, 0.3) is 22.3 Å². The van der Waals surface area contributed by atoms with E-state index in [0.717, 1.165) is 16.7 Å². The van der Waals surface area contributed by atoms with Crippen LogP contribution in [0.5, 0.6) is 0 Å². The van der Waals surface area contributed by atoms with Gasteiger partial charge < -0.3 is 0 Å². The zero-order chi connectivity index (χ0) is 17.4. The Labute approximate surface area is 139 Å². The van der Waals surface area contributed by atoms with Gasteiger partial charge in [-0.3, -0.25) is 0 Å². The van der Waals surface area contributed by atoms with Gasteiger partial charge in [-0.1, -0.05) is 17.7 Å². The molecule has 0 amide bonds. The summed E-state index contributed by atoms with van der Waals surface area (Å²) in [5.41, 5.74) is 4.12. The van der Waals surface area contributed by atoms with Gasteiger partial charge in [-0.05, 0) is 79.4 Å². The lowest BCUT2D eigenvalue weighted by atomic mass is 9.92. The van der Waals surface area contributed by atoms with Crippen molar-refractivity contribution in [3.63, 3.8) is 0 Å². The largest absolute Gasteiger partial charge is 0.207 e. The van der Waals surface area contributed by atoms with Gasteiger partial charge in [0.05, 0.1) is 0 Å². The lowest BCUT2D eigenvalue weighted by molar-refractivity contribution is 0.623. The molecular weight excluding hydrogens is 309 g/mol. The number of benzene rings is 3. The first-order valence-corrected chi connectivity index (χ1v) is 7.70. The summed E-state index contributed by atoms with van der Waals surface area (Å²) >= 11 is 0. The van der Waals surface area contributed by atoms with E-state index in [1.54, 1.807) is 38.1 Å². The maximum atomic E-state index is 14.7. The van der Waals surface area contributed by atoms with Crippen LogP contribution < -0.4 is 0 Å². The molecule has 3 aromatic carbocycles. The fourth-order valence-electron chi connectivity index (χ4n) is 2.91. The van der Waals surface area contributed by atoms with Crippen LogP contribution in [0.3, 0.4) is 0 Å². The minimum atomic E-state index is -0.495. The molecule has 0 N–H and O–H groups in total. The second-order valence-electron chi connectivity index (χ2n) is 6.09. The summed E-state index contributed by atoms with van der Waals surface area (Å²) in [6.07, 6.45) is 0. The minimum absolute atomic E-state index is 0.321. The third-order valence-corrected chi connectivity index (χ3v) is 4.22. The third-order valence-electron chi connectivity index (χ3n) is 4.22. The number of rotatable bonds is 2. The van der Waals surface area contributed by atoms with Crippen LogP contribution in [-0.2, 0) is 0 Å². The number of aryl methyl sites for hydroxylation is 3. The molecule has 3 rings (SSSR count). The van der Waals surface area contributed by atoms with Crippen LogP contribution in [0.15, 0.2) is 48.5 Å². The summed E-state index contributed by atoms with van der Waals surface area (Å²) < 4.78 is 42.4. The number of hydrogen-bond donors (Lipinski definition) is 0. The van der Waals surface area contributed by atoms with Crippen molar-refractivity contribution in [3.8, 4) is 22.3 Å². The minimum Gasteiger partial charge on any atom is -0.207 e. The van der Waals surface area contributed by atoms with E-state index >= 15 is 0 Å². The first-order valence-electron chi connectivity index (χ1n) is 7.70. The van der Waals surface area contributed by atoms with Crippen molar-refractivity contribution in [1.29, 1.82) is 0 Å². The summed E-state index contributed by atoms with van der Waals surface area (Å²) in [5.74, 6) is -1.30. The molecule has 0 radical (unpaired) electrons. The van der Waals surface area contributed by atoms with Crippen LogP contribution in [-0.4, -0.2) is 0 Å². The third kappa shape index (κ3) is 2.94. The highest BCUT2D eigenvalue weighted by atomic mass is 19.1. The monoisotopic (exact) mass is 326 g/mol. The standard InChI is InChI=1S/C21H17F3/c1-12-4-7-20(23)18(8-12)17-11-21(24)19(9-14(17)3)16-10-15(22)6-5-13(16)2/h4-11H,1-3H3. The Hall–Kier alpha value is -2.55. The van der Waals surface area contributed by atoms with Gasteiger partial charge in [0.15, 0.2) is 0 Å². The van der Waals surface area contributed by atoms with Crippen molar-refractivity contribution in [2.75, 3.05) is 0 Å². The highest BCUT2D eigenvalue weighted by Gasteiger charge is 2.15. The van der Waals surface area contributed by atoms with Gasteiger partial charge in [0.1, 0.15) is 17.5 Å². The fraction of sp³-hybridized carbons (Fsp3) is 0.143. The van der Waals surface area contributed by atoms with E-state index < -0.39 is 17.5 Å². The van der Waals surface area contributed by atoms with Gasteiger partial charge in [0, 0.05) is 11.1 Å². The van der Waals surface area contributed by atoms with Gasteiger partial charge in [-0.15, -0.1) is 0 Å². The highest BCUT2D eigenvalue weighted by Crippen LogP contribution is 2.34. The van der Waals surface area contributed by atoms with Crippen molar-refractivity contribution in [3.05, 3.63) is 82.7 Å². The number of hydrogen-bond acceptors (Lipinski definition) is 0. The van der Waals surface area contributed by atoms with Crippen molar-refractivity contribution >= 4 is 0 Å². The molecule has 0 saturated carbocycles. The Kier molecular flexibility index (Phi) is 4.18. The highest BCUT2D eigenvalue weighted by molar-refractivity contribution is 5.76. The number of halogens is 3. The van der Waals surface area contributed by atoms with Gasteiger partial charge in [0.2, 0.25) is 0 Å². The Morgan fingerprint density at radius 2 is 1.21 bits per heavy atom. The molecule has 122 valence electrons. The summed E-state index contributed by atoms with van der Waals surface area (Å²) in [7, 11) is 0. The molecule has 0 saturated heterocycles. The maximum absolute atomic E-state index is 14.7. The average Bonchev–Trinajstić information content (AvgIpc) is 2.54. The topological polar surface area (TPSA) is 0 Å². The average molecular weight is 326 g/mol. The lowest BCUT2D eigenvalue weighted by Crippen LogP contribution is -1.95. The Balaban J connectivity index is 2.20. The molecule has 0 fully saturated rings. The molecular formula is C21H17F3. The lowest BCUT2D eigenvalue weighted by Gasteiger charge is -2.13. The van der Waals surface area contributed by atoms with Crippen molar-refractivity contribution in [2.24, 2.45) is 0 Å². The van der Waals surface area contributed by atoms with Gasteiger partial charge >= 0.3 is 0 Å². The summed E-state index contributed by atoms with van der Waals surface area (Å²) in [5, 5.41) is 0. The molecule has 0 spiro atoms. The van der Waals surface area contributed by atoms with Crippen LogP contribution in [0.4, 0.5) is 13.2 Å². The molecule has 0 bridgehead atoms. The molecule has 0 aliphatic heterocycles. The maximum Gasteiger partial charge on any atom is 0.131 e. The van der Waals surface area contributed by atoms with E-state index in [-0.39, 0.29) is 0 Å². The molecule has 0 aromatic heterocycles.